The lowest BCUT2D eigenvalue weighted by molar-refractivity contribution is -0.148. The SMILES string of the molecule is CC1(n2c(C(F)(F)F)nc3cc(Cl)ccc32)C=CC(N(C(=O)c2cccc(F)c2F)C(=O)c2cccc(F)c2F)=CC1. The molecule has 0 saturated heterocycles. The van der Waals surface area contributed by atoms with E-state index >= 15 is 0 Å². The van der Waals surface area contributed by atoms with E-state index in [0.717, 1.165) is 47.0 Å². The van der Waals surface area contributed by atoms with Gasteiger partial charge in [-0.05, 0) is 61.9 Å². The number of halogens is 8. The predicted molar refractivity (Wildman–Crippen MR) is 138 cm³/mol. The number of alkyl halides is 3. The number of amides is 2. The molecule has 0 saturated carbocycles. The zero-order valence-corrected chi connectivity index (χ0v) is 22.1. The minimum atomic E-state index is -4.88. The number of imide groups is 1. The summed E-state index contributed by atoms with van der Waals surface area (Å²) >= 11 is 5.95. The van der Waals surface area contributed by atoms with Crippen molar-refractivity contribution < 1.29 is 40.3 Å². The molecule has 4 aromatic rings. The molecule has 1 aliphatic carbocycles. The number of allylic oxidation sites excluding steroid dienone is 3. The Labute approximate surface area is 238 Å². The van der Waals surface area contributed by atoms with Gasteiger partial charge in [0.15, 0.2) is 23.3 Å². The summed E-state index contributed by atoms with van der Waals surface area (Å²) in [6.45, 7) is 1.44. The molecule has 1 atom stereocenters. The van der Waals surface area contributed by atoms with Gasteiger partial charge in [0.1, 0.15) is 0 Å². The van der Waals surface area contributed by atoms with Crippen LogP contribution in [0.25, 0.3) is 11.0 Å². The summed E-state index contributed by atoms with van der Waals surface area (Å²) in [6.07, 6.45) is -1.59. The van der Waals surface area contributed by atoms with E-state index in [-0.39, 0.29) is 28.2 Å². The standard InChI is InChI=1S/C29H17ClF7N3O2/c1-28(40-22-9-8-15(30)14-21(22)38-27(40)29(35,36)37)12-10-16(11-13-28)39(25(41)17-4-2-6-19(31)23(17)33)26(42)18-5-3-7-20(32)24(18)34/h2-12,14H,13H2,1H3. The predicted octanol–water partition coefficient (Wildman–Crippen LogP) is 7.81. The Balaban J connectivity index is 1.62. The molecule has 5 rings (SSSR count). The van der Waals surface area contributed by atoms with Gasteiger partial charge in [-0.1, -0.05) is 35.9 Å². The van der Waals surface area contributed by atoms with Crippen molar-refractivity contribution in [3.63, 3.8) is 0 Å². The third kappa shape index (κ3) is 4.95. The molecule has 1 aromatic heterocycles. The maximum absolute atomic E-state index is 14.6. The molecule has 0 N–H and O–H groups in total. The highest BCUT2D eigenvalue weighted by Gasteiger charge is 2.43. The van der Waals surface area contributed by atoms with Gasteiger partial charge in [-0.25, -0.2) is 27.4 Å². The molecule has 0 radical (unpaired) electrons. The van der Waals surface area contributed by atoms with Crippen LogP contribution in [0.3, 0.4) is 0 Å². The molecule has 0 bridgehead atoms. The highest BCUT2D eigenvalue weighted by molar-refractivity contribution is 6.31. The first kappa shape index (κ1) is 29.1. The number of rotatable bonds is 4. The van der Waals surface area contributed by atoms with Gasteiger partial charge in [0.2, 0.25) is 5.82 Å². The van der Waals surface area contributed by atoms with Crippen molar-refractivity contribution in [1.29, 1.82) is 0 Å². The number of nitrogens with zero attached hydrogens (tertiary/aromatic N) is 3. The summed E-state index contributed by atoms with van der Waals surface area (Å²) in [5.74, 6) is -10.1. The van der Waals surface area contributed by atoms with Crippen LogP contribution < -0.4 is 0 Å². The Hall–Kier alpha value is -4.45. The first-order chi connectivity index (χ1) is 19.7. The molecule has 1 unspecified atom stereocenters. The molecule has 5 nitrogen and oxygen atoms in total. The van der Waals surface area contributed by atoms with Crippen LogP contribution in [0.4, 0.5) is 30.7 Å². The van der Waals surface area contributed by atoms with Crippen molar-refractivity contribution in [3.8, 4) is 0 Å². The van der Waals surface area contributed by atoms with E-state index in [1.54, 1.807) is 0 Å². The molecule has 1 heterocycles. The summed E-state index contributed by atoms with van der Waals surface area (Å²) in [5, 5.41) is 0.161. The summed E-state index contributed by atoms with van der Waals surface area (Å²) in [4.78, 5) is 30.9. The van der Waals surface area contributed by atoms with Gasteiger partial charge in [0.25, 0.3) is 11.8 Å². The first-order valence-electron chi connectivity index (χ1n) is 12.1. The van der Waals surface area contributed by atoms with Gasteiger partial charge in [-0.15, -0.1) is 0 Å². The third-order valence-electron chi connectivity index (χ3n) is 6.75. The van der Waals surface area contributed by atoms with Gasteiger partial charge in [0.05, 0.1) is 27.7 Å². The number of hydrogen-bond donors (Lipinski definition) is 0. The minimum absolute atomic E-state index is 0.0330. The van der Waals surface area contributed by atoms with Crippen LogP contribution >= 0.6 is 11.6 Å². The number of benzene rings is 3. The monoisotopic (exact) mass is 607 g/mol. The van der Waals surface area contributed by atoms with E-state index in [2.05, 4.69) is 4.98 Å². The van der Waals surface area contributed by atoms with Crippen molar-refractivity contribution in [2.45, 2.75) is 25.1 Å². The van der Waals surface area contributed by atoms with E-state index in [9.17, 15) is 40.3 Å². The van der Waals surface area contributed by atoms with Crippen molar-refractivity contribution in [2.75, 3.05) is 0 Å². The van der Waals surface area contributed by atoms with E-state index < -0.39 is 63.7 Å². The highest BCUT2D eigenvalue weighted by atomic mass is 35.5. The van der Waals surface area contributed by atoms with Crippen molar-refractivity contribution >= 4 is 34.4 Å². The van der Waals surface area contributed by atoms with Crippen molar-refractivity contribution in [2.24, 2.45) is 0 Å². The highest BCUT2D eigenvalue weighted by Crippen LogP contribution is 2.40. The second kappa shape index (κ2) is 10.4. The average molecular weight is 608 g/mol. The Morgan fingerprint density at radius 1 is 0.929 bits per heavy atom. The summed E-state index contributed by atoms with van der Waals surface area (Å²) in [5.41, 5.74) is -3.49. The lowest BCUT2D eigenvalue weighted by atomic mass is 9.90. The largest absolute Gasteiger partial charge is 0.449 e. The van der Waals surface area contributed by atoms with Crippen LogP contribution in [-0.4, -0.2) is 26.3 Å². The topological polar surface area (TPSA) is 55.2 Å². The van der Waals surface area contributed by atoms with E-state index in [4.69, 9.17) is 11.6 Å². The fourth-order valence-electron chi connectivity index (χ4n) is 4.71. The van der Waals surface area contributed by atoms with Gasteiger partial charge >= 0.3 is 6.18 Å². The summed E-state index contributed by atoms with van der Waals surface area (Å²) in [6, 6.07) is 9.27. The van der Waals surface area contributed by atoms with E-state index in [0.29, 0.717) is 4.90 Å². The number of carbonyl (C=O) groups is 2. The fraction of sp³-hybridized carbons (Fsp3) is 0.138. The Bertz CT molecular complexity index is 1770. The summed E-state index contributed by atoms with van der Waals surface area (Å²) < 4.78 is 100. The quantitative estimate of drug-likeness (QED) is 0.176. The first-order valence-corrected chi connectivity index (χ1v) is 12.5. The number of carbonyl (C=O) groups excluding carboxylic acids is 2. The molecule has 42 heavy (non-hydrogen) atoms. The molecule has 0 aliphatic heterocycles. The van der Waals surface area contributed by atoms with Gasteiger partial charge in [-0.2, -0.15) is 13.2 Å². The zero-order valence-electron chi connectivity index (χ0n) is 21.3. The van der Waals surface area contributed by atoms with Crippen LogP contribution in [0.2, 0.25) is 5.02 Å². The van der Waals surface area contributed by atoms with Crippen LogP contribution in [-0.2, 0) is 11.7 Å². The second-order valence-electron chi connectivity index (χ2n) is 9.57. The average Bonchev–Trinajstić information content (AvgIpc) is 3.33. The van der Waals surface area contributed by atoms with E-state index in [1.165, 1.54) is 37.3 Å². The van der Waals surface area contributed by atoms with Gasteiger partial charge in [-0.3, -0.25) is 9.59 Å². The Kier molecular flexibility index (Phi) is 7.22. The Morgan fingerprint density at radius 3 is 2.00 bits per heavy atom. The van der Waals surface area contributed by atoms with Gasteiger partial charge < -0.3 is 4.57 Å². The summed E-state index contributed by atoms with van der Waals surface area (Å²) in [7, 11) is 0. The number of aromatic nitrogens is 2. The lowest BCUT2D eigenvalue weighted by Gasteiger charge is -2.34. The molecule has 216 valence electrons. The number of imidazole rings is 1. The maximum Gasteiger partial charge on any atom is 0.449 e. The second-order valence-corrected chi connectivity index (χ2v) is 10.0. The molecule has 3 aromatic carbocycles. The molecule has 0 spiro atoms. The molecule has 1 aliphatic rings. The zero-order chi connectivity index (χ0) is 30.6. The molecular weight excluding hydrogens is 591 g/mol. The molecule has 0 fully saturated rings. The van der Waals surface area contributed by atoms with Crippen molar-refractivity contribution in [1.82, 2.24) is 14.5 Å². The van der Waals surface area contributed by atoms with Crippen molar-refractivity contribution in [3.05, 3.63) is 124 Å². The van der Waals surface area contributed by atoms with Gasteiger partial charge in [0, 0.05) is 10.7 Å². The third-order valence-corrected chi connectivity index (χ3v) is 6.98. The van der Waals surface area contributed by atoms with Crippen LogP contribution in [0.1, 0.15) is 39.9 Å². The molecule has 13 heteroatoms. The molecule has 2 amide bonds. The van der Waals surface area contributed by atoms with Crippen LogP contribution in [0.15, 0.2) is 78.5 Å². The normalized spacial score (nSPS) is 16.9. The maximum atomic E-state index is 14.6. The van der Waals surface area contributed by atoms with Crippen LogP contribution in [0.5, 0.6) is 0 Å². The lowest BCUT2D eigenvalue weighted by Crippen LogP contribution is -2.39. The smallest absolute Gasteiger partial charge is 0.311 e. The number of fused-ring (bicyclic) bond motifs is 1. The molecular formula is C29H17ClF7N3O2. The van der Waals surface area contributed by atoms with Crippen LogP contribution in [0, 0.1) is 23.3 Å². The minimum Gasteiger partial charge on any atom is -0.311 e. The number of hydrogen-bond acceptors (Lipinski definition) is 3. The fourth-order valence-corrected chi connectivity index (χ4v) is 4.88. The Morgan fingerprint density at radius 2 is 1.50 bits per heavy atom. The van der Waals surface area contributed by atoms with E-state index in [1.807, 2.05) is 0 Å².